The predicted molar refractivity (Wildman–Crippen MR) is 119 cm³/mol. The largest absolute Gasteiger partial charge is 0.339 e. The van der Waals surface area contributed by atoms with E-state index < -0.39 is 0 Å². The highest BCUT2D eigenvalue weighted by atomic mass is 16.2. The number of aromatic amines is 1. The van der Waals surface area contributed by atoms with Gasteiger partial charge in [0.25, 0.3) is 5.91 Å². The number of H-pyrrole nitrogens is 1. The molecule has 1 saturated heterocycles. The maximum atomic E-state index is 13.6. The Bertz CT molecular complexity index is 1210. The number of benzene rings is 1. The topological polar surface area (TPSA) is 90.9 Å². The fraction of sp³-hybridized carbons (Fsp3) is 0.261. The second-order valence-corrected chi connectivity index (χ2v) is 7.74. The Morgan fingerprint density at radius 1 is 1.06 bits per heavy atom. The zero-order chi connectivity index (χ0) is 21.2. The first-order chi connectivity index (χ1) is 15.2. The van der Waals surface area contributed by atoms with Gasteiger partial charge in [0.2, 0.25) is 5.95 Å². The lowest BCUT2D eigenvalue weighted by molar-refractivity contribution is 0.0769. The molecular weight excluding hydrogens is 390 g/mol. The molecule has 0 saturated carbocycles. The normalized spacial score (nSPS) is 14.6. The Kier molecular flexibility index (Phi) is 5.03. The highest BCUT2D eigenvalue weighted by Gasteiger charge is 2.24. The van der Waals surface area contributed by atoms with Gasteiger partial charge in [-0.05, 0) is 37.1 Å². The Hall–Kier alpha value is -3.81. The van der Waals surface area contributed by atoms with Crippen molar-refractivity contribution in [1.29, 1.82) is 0 Å². The number of anilines is 1. The van der Waals surface area contributed by atoms with E-state index in [4.69, 9.17) is 4.98 Å². The van der Waals surface area contributed by atoms with Crippen molar-refractivity contribution in [3.63, 3.8) is 0 Å². The summed E-state index contributed by atoms with van der Waals surface area (Å²) in [7, 11) is 0. The van der Waals surface area contributed by atoms with Crippen LogP contribution in [-0.2, 0) is 0 Å². The van der Waals surface area contributed by atoms with Gasteiger partial charge in [-0.15, -0.1) is 0 Å². The lowest BCUT2D eigenvalue weighted by atomic mass is 10.0. The average Bonchev–Trinajstić information content (AvgIpc) is 3.23. The van der Waals surface area contributed by atoms with Crippen molar-refractivity contribution in [2.75, 3.05) is 31.1 Å². The third kappa shape index (κ3) is 3.84. The number of fused-ring (bicyclic) bond motifs is 1. The molecule has 1 aliphatic heterocycles. The summed E-state index contributed by atoms with van der Waals surface area (Å²) in [6.07, 6.45) is 7.88. The average molecular weight is 413 g/mol. The Labute approximate surface area is 180 Å². The van der Waals surface area contributed by atoms with Crippen LogP contribution in [0.1, 0.15) is 22.3 Å². The number of nitrogens with zero attached hydrogens (tertiary/aromatic N) is 6. The molecule has 0 spiro atoms. The molecule has 1 aromatic carbocycles. The van der Waals surface area contributed by atoms with Gasteiger partial charge in [0.15, 0.2) is 0 Å². The van der Waals surface area contributed by atoms with Crippen LogP contribution in [0.4, 0.5) is 5.95 Å². The number of aryl methyl sites for hydroxylation is 1. The van der Waals surface area contributed by atoms with Crippen LogP contribution in [0.3, 0.4) is 0 Å². The van der Waals surface area contributed by atoms with Crippen LogP contribution >= 0.6 is 0 Å². The number of hydrogen-bond donors (Lipinski definition) is 1. The monoisotopic (exact) mass is 413 g/mol. The summed E-state index contributed by atoms with van der Waals surface area (Å²) in [5.74, 6) is 0.737. The highest BCUT2D eigenvalue weighted by Crippen LogP contribution is 2.26. The van der Waals surface area contributed by atoms with E-state index in [-0.39, 0.29) is 5.91 Å². The van der Waals surface area contributed by atoms with Gasteiger partial charge in [0.05, 0.1) is 23.0 Å². The van der Waals surface area contributed by atoms with Crippen LogP contribution in [0.5, 0.6) is 0 Å². The zero-order valence-corrected chi connectivity index (χ0v) is 17.3. The molecule has 1 amide bonds. The van der Waals surface area contributed by atoms with E-state index in [1.807, 2.05) is 42.2 Å². The molecule has 0 bridgehead atoms. The molecule has 1 fully saturated rings. The smallest absolute Gasteiger partial charge is 0.254 e. The molecule has 5 rings (SSSR count). The van der Waals surface area contributed by atoms with E-state index in [1.165, 1.54) is 0 Å². The number of amides is 1. The first-order valence-electron chi connectivity index (χ1n) is 10.4. The molecule has 8 nitrogen and oxygen atoms in total. The Morgan fingerprint density at radius 3 is 2.74 bits per heavy atom. The molecule has 156 valence electrons. The third-order valence-electron chi connectivity index (χ3n) is 5.61. The molecule has 31 heavy (non-hydrogen) atoms. The van der Waals surface area contributed by atoms with E-state index >= 15 is 0 Å². The summed E-state index contributed by atoms with van der Waals surface area (Å²) in [6, 6.07) is 9.73. The van der Waals surface area contributed by atoms with Crippen LogP contribution in [0.25, 0.3) is 22.2 Å². The van der Waals surface area contributed by atoms with Crippen molar-refractivity contribution >= 4 is 22.8 Å². The van der Waals surface area contributed by atoms with Gasteiger partial charge in [-0.1, -0.05) is 12.1 Å². The quantitative estimate of drug-likeness (QED) is 0.555. The minimum atomic E-state index is 0.0248. The first kappa shape index (κ1) is 19.2. The molecule has 1 aliphatic rings. The standard InChI is InChI=1S/C23H23N7O/c1-16-4-5-18-19(13-20(28-21(18)12-16)17-14-26-27-15-17)22(31)29-8-3-9-30(11-10-29)23-24-6-2-7-25-23/h2,4-7,12-15H,3,8-11H2,1H3,(H,26,27). The molecule has 3 aromatic heterocycles. The SMILES string of the molecule is Cc1ccc2c(C(=O)N3CCCN(c4ncccn4)CC3)cc(-c3cn[nH]c3)nc2c1. The van der Waals surface area contributed by atoms with E-state index in [2.05, 4.69) is 25.1 Å². The van der Waals surface area contributed by atoms with Crippen LogP contribution in [0, 0.1) is 6.92 Å². The summed E-state index contributed by atoms with van der Waals surface area (Å²) in [4.78, 5) is 31.2. The number of carbonyl (C=O) groups excluding carboxylic acids is 1. The third-order valence-corrected chi connectivity index (χ3v) is 5.61. The second kappa shape index (κ2) is 8.14. The maximum absolute atomic E-state index is 13.6. The van der Waals surface area contributed by atoms with Crippen molar-refractivity contribution < 1.29 is 4.79 Å². The summed E-state index contributed by atoms with van der Waals surface area (Å²) >= 11 is 0. The summed E-state index contributed by atoms with van der Waals surface area (Å²) in [5, 5.41) is 7.73. The Morgan fingerprint density at radius 2 is 1.94 bits per heavy atom. The van der Waals surface area contributed by atoms with Gasteiger partial charge >= 0.3 is 0 Å². The minimum absolute atomic E-state index is 0.0248. The number of carbonyl (C=O) groups is 1. The van der Waals surface area contributed by atoms with Crippen LogP contribution in [0.2, 0.25) is 0 Å². The van der Waals surface area contributed by atoms with Crippen LogP contribution in [0.15, 0.2) is 55.1 Å². The van der Waals surface area contributed by atoms with Crippen molar-refractivity contribution in [2.24, 2.45) is 0 Å². The predicted octanol–water partition coefficient (Wildman–Crippen LogP) is 3.08. The minimum Gasteiger partial charge on any atom is -0.339 e. The molecule has 8 heteroatoms. The second-order valence-electron chi connectivity index (χ2n) is 7.74. The van der Waals surface area contributed by atoms with Crippen molar-refractivity contribution in [3.05, 3.63) is 66.2 Å². The van der Waals surface area contributed by atoms with E-state index in [0.29, 0.717) is 31.1 Å². The summed E-state index contributed by atoms with van der Waals surface area (Å²) in [6.45, 7) is 4.87. The highest BCUT2D eigenvalue weighted by molar-refractivity contribution is 6.07. The maximum Gasteiger partial charge on any atom is 0.254 e. The van der Waals surface area contributed by atoms with Gasteiger partial charge in [-0.3, -0.25) is 9.89 Å². The van der Waals surface area contributed by atoms with Crippen molar-refractivity contribution in [2.45, 2.75) is 13.3 Å². The van der Waals surface area contributed by atoms with Crippen LogP contribution in [-0.4, -0.2) is 62.1 Å². The number of rotatable bonds is 3. The van der Waals surface area contributed by atoms with E-state index in [0.717, 1.165) is 40.7 Å². The fourth-order valence-corrected chi connectivity index (χ4v) is 4.00. The van der Waals surface area contributed by atoms with Gasteiger partial charge in [0, 0.05) is 55.7 Å². The van der Waals surface area contributed by atoms with Gasteiger partial charge in [-0.25, -0.2) is 15.0 Å². The van der Waals surface area contributed by atoms with Crippen molar-refractivity contribution in [1.82, 2.24) is 30.0 Å². The van der Waals surface area contributed by atoms with Gasteiger partial charge in [-0.2, -0.15) is 5.10 Å². The lowest BCUT2D eigenvalue weighted by Gasteiger charge is -2.23. The molecular formula is C23H23N7O. The zero-order valence-electron chi connectivity index (χ0n) is 17.3. The summed E-state index contributed by atoms with van der Waals surface area (Å²) < 4.78 is 0. The number of nitrogens with one attached hydrogen (secondary N) is 1. The molecule has 0 aliphatic carbocycles. The first-order valence-corrected chi connectivity index (χ1v) is 10.4. The molecule has 0 radical (unpaired) electrons. The van der Waals surface area contributed by atoms with Crippen molar-refractivity contribution in [3.8, 4) is 11.3 Å². The number of hydrogen-bond acceptors (Lipinski definition) is 6. The van der Waals surface area contributed by atoms with E-state index in [9.17, 15) is 4.79 Å². The molecule has 4 aromatic rings. The fourth-order valence-electron chi connectivity index (χ4n) is 4.00. The molecule has 0 unspecified atom stereocenters. The number of aromatic nitrogens is 5. The molecule has 1 N–H and O–H groups in total. The number of pyridine rings is 1. The van der Waals surface area contributed by atoms with Crippen LogP contribution < -0.4 is 4.90 Å². The lowest BCUT2D eigenvalue weighted by Crippen LogP contribution is -2.35. The van der Waals surface area contributed by atoms with E-state index in [1.54, 1.807) is 24.8 Å². The summed E-state index contributed by atoms with van der Waals surface area (Å²) in [5.41, 5.74) is 4.20. The Balaban J connectivity index is 1.48. The van der Waals surface area contributed by atoms with Gasteiger partial charge < -0.3 is 9.80 Å². The van der Waals surface area contributed by atoms with Gasteiger partial charge in [0.1, 0.15) is 0 Å². The molecule has 4 heterocycles. The molecule has 0 atom stereocenters.